The summed E-state index contributed by atoms with van der Waals surface area (Å²) < 4.78 is 4.93. The predicted octanol–water partition coefficient (Wildman–Crippen LogP) is 1.35. The lowest BCUT2D eigenvalue weighted by atomic mass is 10.1. The molecule has 2 atom stereocenters. The Morgan fingerprint density at radius 1 is 1.15 bits per heavy atom. The van der Waals surface area contributed by atoms with Gasteiger partial charge in [-0.2, -0.15) is 0 Å². The lowest BCUT2D eigenvalue weighted by Gasteiger charge is -2.37. The molecule has 3 rings (SSSR count). The van der Waals surface area contributed by atoms with Crippen molar-refractivity contribution in [3.05, 3.63) is 29.3 Å². The Bertz CT molecular complexity index is 668. The molecule has 142 valence electrons. The molecule has 2 amide bonds. The van der Waals surface area contributed by atoms with Gasteiger partial charge in [0.25, 0.3) is 0 Å². The van der Waals surface area contributed by atoms with Crippen LogP contribution >= 0.6 is 0 Å². The Morgan fingerprint density at radius 3 is 2.58 bits per heavy atom. The Hall–Kier alpha value is -2.08. The second-order valence-corrected chi connectivity index (χ2v) is 7.26. The molecule has 1 aliphatic heterocycles. The van der Waals surface area contributed by atoms with Gasteiger partial charge < -0.3 is 19.9 Å². The molecule has 0 bridgehead atoms. The minimum absolute atomic E-state index is 0.0191. The zero-order valence-corrected chi connectivity index (χ0v) is 16.0. The number of hydrogen-bond acceptors (Lipinski definition) is 4. The smallest absolute Gasteiger partial charge is 0.226 e. The Kier molecular flexibility index (Phi) is 5.81. The van der Waals surface area contributed by atoms with Crippen molar-refractivity contribution in [1.82, 2.24) is 10.2 Å². The molecule has 1 saturated heterocycles. The first-order chi connectivity index (χ1) is 12.5. The molecule has 0 aromatic heterocycles. The molecule has 1 aromatic rings. The van der Waals surface area contributed by atoms with Crippen LogP contribution in [0.4, 0.5) is 5.69 Å². The number of carbonyl (C=O) groups excluding carboxylic acids is 2. The molecule has 1 heterocycles. The highest BCUT2D eigenvalue weighted by atomic mass is 16.5. The molecule has 1 saturated carbocycles. The molecular formula is C20H29N3O3. The number of amides is 2. The van der Waals surface area contributed by atoms with Crippen molar-refractivity contribution in [3.8, 4) is 0 Å². The summed E-state index contributed by atoms with van der Waals surface area (Å²) in [7, 11) is 1.60. The molecule has 1 aromatic carbocycles. The van der Waals surface area contributed by atoms with E-state index in [1.165, 1.54) is 16.8 Å². The maximum Gasteiger partial charge on any atom is 0.226 e. The summed E-state index contributed by atoms with van der Waals surface area (Å²) >= 11 is 0. The van der Waals surface area contributed by atoms with Crippen LogP contribution < -0.4 is 10.2 Å². The average molecular weight is 359 g/mol. The van der Waals surface area contributed by atoms with Crippen LogP contribution in [0.2, 0.25) is 0 Å². The van der Waals surface area contributed by atoms with Gasteiger partial charge in [-0.25, -0.2) is 0 Å². The fourth-order valence-electron chi connectivity index (χ4n) is 3.65. The maximum absolute atomic E-state index is 12.7. The normalized spacial score (nSPS) is 22.3. The standard InChI is InChI=1S/C20H29N3O3/c1-14-5-4-6-18(15(14)2)22-8-10-23(11-9-22)20(25)17-13-16(17)19(24)21-7-12-26-3/h4-6,16-17H,7-13H2,1-3H3,(H,21,24). The van der Waals surface area contributed by atoms with E-state index in [9.17, 15) is 9.59 Å². The summed E-state index contributed by atoms with van der Waals surface area (Å²) in [6, 6.07) is 6.37. The molecule has 26 heavy (non-hydrogen) atoms. The van der Waals surface area contributed by atoms with Crippen LogP contribution in [0.15, 0.2) is 18.2 Å². The number of nitrogens with zero attached hydrogens (tertiary/aromatic N) is 2. The van der Waals surface area contributed by atoms with Crippen molar-refractivity contribution in [3.63, 3.8) is 0 Å². The zero-order valence-electron chi connectivity index (χ0n) is 16.0. The van der Waals surface area contributed by atoms with E-state index >= 15 is 0 Å². The topological polar surface area (TPSA) is 61.9 Å². The Morgan fingerprint density at radius 2 is 1.88 bits per heavy atom. The van der Waals surface area contributed by atoms with Crippen molar-refractivity contribution in [2.75, 3.05) is 51.3 Å². The maximum atomic E-state index is 12.7. The molecule has 1 N–H and O–H groups in total. The Labute approximate surface area is 155 Å². The molecule has 6 nitrogen and oxygen atoms in total. The summed E-state index contributed by atoms with van der Waals surface area (Å²) in [5.41, 5.74) is 3.86. The van der Waals surface area contributed by atoms with Crippen LogP contribution in [0.25, 0.3) is 0 Å². The van der Waals surface area contributed by atoms with E-state index in [4.69, 9.17) is 4.74 Å². The van der Waals surface area contributed by atoms with E-state index in [1.807, 2.05) is 4.90 Å². The second-order valence-electron chi connectivity index (χ2n) is 7.26. The summed E-state index contributed by atoms with van der Waals surface area (Å²) in [4.78, 5) is 29.0. The quantitative estimate of drug-likeness (QED) is 0.779. The highest BCUT2D eigenvalue weighted by Gasteiger charge is 2.49. The lowest BCUT2D eigenvalue weighted by molar-refractivity contribution is -0.135. The van der Waals surface area contributed by atoms with Gasteiger partial charge in [-0.05, 0) is 37.5 Å². The molecular weight excluding hydrogens is 330 g/mol. The summed E-state index contributed by atoms with van der Waals surface area (Å²) in [6.07, 6.45) is 0.675. The van der Waals surface area contributed by atoms with Gasteiger partial charge in [0, 0.05) is 45.5 Å². The minimum atomic E-state index is -0.156. The monoisotopic (exact) mass is 359 g/mol. The van der Waals surface area contributed by atoms with Crippen LogP contribution in [-0.2, 0) is 14.3 Å². The van der Waals surface area contributed by atoms with Crippen LogP contribution in [-0.4, -0.2) is 63.2 Å². The van der Waals surface area contributed by atoms with Crippen molar-refractivity contribution in [1.29, 1.82) is 0 Å². The first kappa shape index (κ1) is 18.7. The summed E-state index contributed by atoms with van der Waals surface area (Å²) in [5, 5.41) is 2.83. The predicted molar refractivity (Wildman–Crippen MR) is 101 cm³/mol. The number of rotatable bonds is 6. The highest BCUT2D eigenvalue weighted by molar-refractivity contribution is 5.92. The highest BCUT2D eigenvalue weighted by Crippen LogP contribution is 2.40. The number of ether oxygens (including phenoxy) is 1. The fourth-order valence-corrected chi connectivity index (χ4v) is 3.65. The van der Waals surface area contributed by atoms with E-state index in [0.29, 0.717) is 19.6 Å². The fraction of sp³-hybridized carbons (Fsp3) is 0.600. The van der Waals surface area contributed by atoms with Crippen LogP contribution in [0.5, 0.6) is 0 Å². The molecule has 0 spiro atoms. The van der Waals surface area contributed by atoms with Gasteiger partial charge in [-0.3, -0.25) is 9.59 Å². The van der Waals surface area contributed by atoms with Crippen LogP contribution in [0, 0.1) is 25.7 Å². The third-order valence-corrected chi connectivity index (χ3v) is 5.56. The zero-order chi connectivity index (χ0) is 18.7. The van der Waals surface area contributed by atoms with Crippen LogP contribution in [0.3, 0.4) is 0 Å². The van der Waals surface area contributed by atoms with Crippen molar-refractivity contribution >= 4 is 17.5 Å². The van der Waals surface area contributed by atoms with Crippen molar-refractivity contribution in [2.45, 2.75) is 20.3 Å². The van der Waals surface area contributed by atoms with E-state index in [2.05, 4.69) is 42.3 Å². The van der Waals surface area contributed by atoms with Gasteiger partial charge in [0.1, 0.15) is 0 Å². The SMILES string of the molecule is COCCNC(=O)C1CC1C(=O)N1CCN(c2cccc(C)c2C)CC1. The van der Waals surface area contributed by atoms with E-state index in [0.717, 1.165) is 26.2 Å². The van der Waals surface area contributed by atoms with Crippen molar-refractivity contribution < 1.29 is 14.3 Å². The molecule has 2 aliphatic rings. The third-order valence-electron chi connectivity index (χ3n) is 5.56. The van der Waals surface area contributed by atoms with Gasteiger partial charge in [-0.15, -0.1) is 0 Å². The van der Waals surface area contributed by atoms with E-state index in [-0.39, 0.29) is 23.7 Å². The van der Waals surface area contributed by atoms with Gasteiger partial charge in [0.2, 0.25) is 11.8 Å². The molecule has 1 aliphatic carbocycles. The molecule has 0 radical (unpaired) electrons. The number of benzene rings is 1. The minimum Gasteiger partial charge on any atom is -0.383 e. The molecule has 6 heteroatoms. The first-order valence-electron chi connectivity index (χ1n) is 9.39. The lowest BCUT2D eigenvalue weighted by Crippen LogP contribution is -2.49. The van der Waals surface area contributed by atoms with Gasteiger partial charge in [-0.1, -0.05) is 12.1 Å². The van der Waals surface area contributed by atoms with Crippen molar-refractivity contribution in [2.24, 2.45) is 11.8 Å². The largest absolute Gasteiger partial charge is 0.383 e. The Balaban J connectivity index is 1.49. The third kappa shape index (κ3) is 4.01. The summed E-state index contributed by atoms with van der Waals surface area (Å²) in [6.45, 7) is 8.41. The van der Waals surface area contributed by atoms with Gasteiger partial charge in [0.05, 0.1) is 18.4 Å². The first-order valence-corrected chi connectivity index (χ1v) is 9.39. The number of aryl methyl sites for hydroxylation is 1. The number of piperazine rings is 1. The molecule has 2 unspecified atom stereocenters. The summed E-state index contributed by atoms with van der Waals surface area (Å²) in [5.74, 6) is -0.173. The van der Waals surface area contributed by atoms with E-state index < -0.39 is 0 Å². The average Bonchev–Trinajstić information content (AvgIpc) is 3.45. The van der Waals surface area contributed by atoms with Gasteiger partial charge in [0.15, 0.2) is 0 Å². The number of methoxy groups -OCH3 is 1. The van der Waals surface area contributed by atoms with Gasteiger partial charge >= 0.3 is 0 Å². The van der Waals surface area contributed by atoms with E-state index in [1.54, 1.807) is 7.11 Å². The number of nitrogens with one attached hydrogen (secondary N) is 1. The number of carbonyl (C=O) groups is 2. The second kappa shape index (κ2) is 8.08. The number of hydrogen-bond donors (Lipinski definition) is 1. The number of anilines is 1. The van der Waals surface area contributed by atoms with Crippen LogP contribution in [0.1, 0.15) is 17.5 Å². The molecule has 2 fully saturated rings.